The van der Waals surface area contributed by atoms with Gasteiger partial charge in [0.15, 0.2) is 0 Å². The maximum absolute atomic E-state index is 12.6. The van der Waals surface area contributed by atoms with Gasteiger partial charge in [-0.3, -0.25) is 0 Å². The highest BCUT2D eigenvalue weighted by Crippen LogP contribution is 2.70. The Kier molecular flexibility index (Phi) is 10.3. The third-order valence-corrected chi connectivity index (χ3v) is 12.0. The second-order valence-corrected chi connectivity index (χ2v) is 14.1. The van der Waals surface area contributed by atoms with E-state index in [1.54, 1.807) is 6.08 Å². The summed E-state index contributed by atoms with van der Waals surface area (Å²) in [5.41, 5.74) is 0.299. The monoisotopic (exact) mass is 577 g/mol. The molecule has 4 aliphatic carbocycles. The number of aliphatic hydroxyl groups excluding tert-OH is 1. The maximum atomic E-state index is 12.6. The molecule has 5 rings (SSSR count). The van der Waals surface area contributed by atoms with Crippen molar-refractivity contribution in [3.05, 3.63) is 11.6 Å². The number of carbonyl (C=O) groups excluding carboxylic acids is 2. The van der Waals surface area contributed by atoms with Crippen LogP contribution >= 0.6 is 0 Å². The molecule has 1 aliphatic heterocycles. The number of aliphatic hydroxyl groups is 3. The van der Waals surface area contributed by atoms with Crippen molar-refractivity contribution in [1.82, 2.24) is 0 Å². The van der Waals surface area contributed by atoms with Crippen molar-refractivity contribution in [3.63, 3.8) is 0 Å². The summed E-state index contributed by atoms with van der Waals surface area (Å²) in [6.07, 6.45) is 15.9. The summed E-state index contributed by atoms with van der Waals surface area (Å²) in [5, 5.41) is 46.2. The van der Waals surface area contributed by atoms with Crippen molar-refractivity contribution in [3.8, 4) is 0 Å². The SMILES string of the molecule is CCCCCCCCCC[NH3+].C[C@]12CC[C@H]3[C@@H](CC[C@]4(O)C[C@@H](O)CC[C@]34C(=O)[O-])[C@@]1(O)CC[C@@H]2C1=CC(=O)OC1. The van der Waals surface area contributed by atoms with Gasteiger partial charge in [0.2, 0.25) is 0 Å². The molecule has 0 bridgehead atoms. The number of cyclic esters (lactones) is 1. The highest BCUT2D eigenvalue weighted by Gasteiger charge is 2.71. The number of carbonyl (C=O) groups is 2. The number of carboxylic acid groups (broad SMARTS) is 1. The lowest BCUT2D eigenvalue weighted by atomic mass is 9.41. The van der Waals surface area contributed by atoms with Crippen LogP contribution in [0.2, 0.25) is 0 Å². The van der Waals surface area contributed by atoms with Gasteiger partial charge in [-0.1, -0.05) is 52.4 Å². The van der Waals surface area contributed by atoms with Gasteiger partial charge in [-0.2, -0.15) is 0 Å². The van der Waals surface area contributed by atoms with Gasteiger partial charge >= 0.3 is 5.97 Å². The van der Waals surface area contributed by atoms with Gasteiger partial charge < -0.3 is 35.7 Å². The Hall–Kier alpha value is -1.48. The molecule has 8 heteroatoms. The Labute approximate surface area is 246 Å². The molecule has 0 saturated heterocycles. The van der Waals surface area contributed by atoms with Crippen LogP contribution in [-0.2, 0) is 14.3 Å². The molecule has 0 aromatic heterocycles. The number of esters is 1. The van der Waals surface area contributed by atoms with Gasteiger partial charge in [-0.25, -0.2) is 4.79 Å². The zero-order chi connectivity index (χ0) is 29.9. The lowest BCUT2D eigenvalue weighted by Gasteiger charge is -2.67. The van der Waals surface area contributed by atoms with Gasteiger partial charge in [0.25, 0.3) is 0 Å². The Bertz CT molecular complexity index is 961. The predicted molar refractivity (Wildman–Crippen MR) is 153 cm³/mol. The summed E-state index contributed by atoms with van der Waals surface area (Å²) in [6, 6.07) is 0. The molecule has 234 valence electrons. The Balaban J connectivity index is 0.000000301. The highest BCUT2D eigenvalue weighted by atomic mass is 16.5. The quantitative estimate of drug-likeness (QED) is 0.230. The van der Waals surface area contributed by atoms with E-state index in [2.05, 4.69) is 19.6 Å². The Morgan fingerprint density at radius 2 is 1.63 bits per heavy atom. The van der Waals surface area contributed by atoms with E-state index in [-0.39, 0.29) is 49.6 Å². The average molecular weight is 578 g/mol. The van der Waals surface area contributed by atoms with Crippen LogP contribution in [-0.4, -0.2) is 57.7 Å². The molecule has 4 fully saturated rings. The minimum atomic E-state index is -1.50. The molecule has 1 heterocycles. The smallest absolute Gasteiger partial charge is 0.331 e. The van der Waals surface area contributed by atoms with Crippen molar-refractivity contribution in [2.45, 2.75) is 140 Å². The molecular weight excluding hydrogens is 522 g/mol. The first kappa shape index (κ1) is 32.4. The van der Waals surface area contributed by atoms with Crippen LogP contribution in [0.1, 0.15) is 123 Å². The first-order chi connectivity index (χ1) is 19.5. The van der Waals surface area contributed by atoms with E-state index in [1.165, 1.54) is 51.4 Å². The van der Waals surface area contributed by atoms with Crippen LogP contribution in [0.15, 0.2) is 11.6 Å². The van der Waals surface area contributed by atoms with Crippen molar-refractivity contribution in [1.29, 1.82) is 0 Å². The van der Waals surface area contributed by atoms with Gasteiger partial charge in [0.1, 0.15) is 6.61 Å². The van der Waals surface area contributed by atoms with Gasteiger partial charge in [-0.05, 0) is 87.5 Å². The van der Waals surface area contributed by atoms with Crippen LogP contribution in [0.3, 0.4) is 0 Å². The summed E-state index contributed by atoms with van der Waals surface area (Å²) in [6.45, 7) is 5.73. The van der Waals surface area contributed by atoms with Gasteiger partial charge in [0, 0.05) is 23.3 Å². The standard InChI is InChI=1S/C23H32O7.C10H23N/c1-20-6-3-16-17(23(20,29)9-5-15(20)13-10-18(25)30-12-13)4-7-21(28)11-14(24)2-8-22(16,21)19(26)27;1-2-3-4-5-6-7-8-9-10-11/h10,14-17,24,28-29H,2-9,11-12H2,1H3,(H,26,27);2-11H2,1H3/t14-,15+,16-,17+,20+,21-,22+,23-;/m0./s1. The van der Waals surface area contributed by atoms with Gasteiger partial charge in [0.05, 0.1) is 29.8 Å². The van der Waals surface area contributed by atoms with Crippen LogP contribution in [0, 0.1) is 28.6 Å². The molecule has 0 aromatic carbocycles. The third-order valence-electron chi connectivity index (χ3n) is 12.0. The predicted octanol–water partition coefficient (Wildman–Crippen LogP) is 2.82. The zero-order valence-corrected chi connectivity index (χ0v) is 25.5. The minimum absolute atomic E-state index is 0.0304. The molecule has 0 unspecified atom stereocenters. The number of aliphatic carboxylic acids is 1. The van der Waals surface area contributed by atoms with Crippen molar-refractivity contribution in [2.75, 3.05) is 13.2 Å². The summed E-state index contributed by atoms with van der Waals surface area (Å²) < 4.78 is 5.13. The summed E-state index contributed by atoms with van der Waals surface area (Å²) in [7, 11) is 0. The zero-order valence-electron chi connectivity index (χ0n) is 25.5. The summed E-state index contributed by atoms with van der Waals surface area (Å²) >= 11 is 0. The molecule has 5 aliphatic rings. The van der Waals surface area contributed by atoms with Crippen LogP contribution in [0.5, 0.6) is 0 Å². The molecule has 6 N–H and O–H groups in total. The molecule has 8 nitrogen and oxygen atoms in total. The molecule has 0 amide bonds. The fraction of sp³-hybridized carbons (Fsp3) is 0.879. The second-order valence-electron chi connectivity index (χ2n) is 14.1. The fourth-order valence-electron chi connectivity index (χ4n) is 9.78. The van der Waals surface area contributed by atoms with Crippen molar-refractivity contribution in [2.24, 2.45) is 28.6 Å². The fourth-order valence-corrected chi connectivity index (χ4v) is 9.78. The number of fused-ring (bicyclic) bond motifs is 5. The van der Waals surface area contributed by atoms with E-state index in [4.69, 9.17) is 4.74 Å². The molecule has 0 radical (unpaired) electrons. The summed E-state index contributed by atoms with van der Waals surface area (Å²) in [4.78, 5) is 24.2. The normalized spacial score (nSPS) is 41.3. The van der Waals surface area contributed by atoms with E-state index >= 15 is 0 Å². The average Bonchev–Trinajstić information content (AvgIpc) is 3.47. The van der Waals surface area contributed by atoms with E-state index in [0.717, 1.165) is 18.5 Å². The first-order valence-electron chi connectivity index (χ1n) is 16.5. The van der Waals surface area contributed by atoms with E-state index in [1.807, 2.05) is 0 Å². The second kappa shape index (κ2) is 13.0. The molecule has 0 aromatic rings. The Morgan fingerprint density at radius 1 is 0.976 bits per heavy atom. The van der Waals surface area contributed by atoms with Gasteiger partial charge in [-0.15, -0.1) is 0 Å². The van der Waals surface area contributed by atoms with E-state index in [9.17, 15) is 30.0 Å². The number of rotatable bonds is 10. The maximum Gasteiger partial charge on any atom is 0.331 e. The van der Waals surface area contributed by atoms with Crippen molar-refractivity contribution < 1.29 is 40.5 Å². The van der Waals surface area contributed by atoms with Crippen molar-refractivity contribution >= 4 is 11.9 Å². The van der Waals surface area contributed by atoms with E-state index < -0.39 is 34.1 Å². The first-order valence-corrected chi connectivity index (χ1v) is 16.5. The molecule has 4 saturated carbocycles. The Morgan fingerprint density at radius 3 is 2.24 bits per heavy atom. The molecule has 8 atom stereocenters. The number of quaternary nitrogens is 1. The number of hydrogen-bond acceptors (Lipinski definition) is 7. The van der Waals surface area contributed by atoms with Crippen LogP contribution in [0.4, 0.5) is 0 Å². The van der Waals surface area contributed by atoms with Crippen LogP contribution in [0.25, 0.3) is 0 Å². The lowest BCUT2D eigenvalue weighted by Crippen LogP contribution is -2.72. The third kappa shape index (κ3) is 5.75. The minimum Gasteiger partial charge on any atom is -0.549 e. The number of hydrogen-bond donors (Lipinski definition) is 4. The van der Waals surface area contributed by atoms with E-state index in [0.29, 0.717) is 32.1 Å². The largest absolute Gasteiger partial charge is 0.549 e. The summed E-state index contributed by atoms with van der Waals surface area (Å²) in [5.74, 6) is -2.19. The molecule has 0 spiro atoms. The molecule has 41 heavy (non-hydrogen) atoms. The number of carboxylic acids is 1. The van der Waals surface area contributed by atoms with Crippen LogP contribution < -0.4 is 10.8 Å². The molecular formula is C33H55NO7. The number of ether oxygens (including phenoxy) is 1. The topological polar surface area (TPSA) is 155 Å². The lowest BCUT2D eigenvalue weighted by molar-refractivity contribution is -0.368. The number of unbranched alkanes of at least 4 members (excludes halogenated alkanes) is 7. The highest BCUT2D eigenvalue weighted by molar-refractivity contribution is 5.85.